The van der Waals surface area contributed by atoms with Crippen LogP contribution in [0.4, 0.5) is 13.2 Å². The topological polar surface area (TPSA) is 56.0 Å². The second-order valence-electron chi connectivity index (χ2n) is 4.96. The lowest BCUT2D eigenvalue weighted by Crippen LogP contribution is -2.27. The Labute approximate surface area is 139 Å². The summed E-state index contributed by atoms with van der Waals surface area (Å²) in [5, 5.41) is 7.93. The molecule has 0 aliphatic heterocycles. The monoisotopic (exact) mass is 393 g/mol. The summed E-state index contributed by atoms with van der Waals surface area (Å²) in [7, 11) is 2.63. The van der Waals surface area contributed by atoms with Crippen molar-refractivity contribution in [1.29, 1.82) is 0 Å². The van der Waals surface area contributed by atoms with E-state index in [0.29, 0.717) is 16.9 Å². The van der Waals surface area contributed by atoms with Gasteiger partial charge in [0.1, 0.15) is 0 Å². The number of aromatic nitrogens is 4. The highest BCUT2D eigenvalue weighted by molar-refractivity contribution is 9.10. The summed E-state index contributed by atoms with van der Waals surface area (Å²) >= 11 is 2.84. The molecule has 126 valence electrons. The van der Waals surface area contributed by atoms with E-state index < -0.39 is 17.8 Å². The standard InChI is InChI=1S/C13H15BrF3N5O/c1-4-22-6-5-8(18-22)7-20(2)12(23)10-9(14)11(13(15,16)17)21(3)19-10/h5-6H,4,7H2,1-3H3. The quantitative estimate of drug-likeness (QED) is 0.802. The zero-order valence-electron chi connectivity index (χ0n) is 12.7. The molecule has 0 saturated carbocycles. The minimum absolute atomic E-state index is 0.177. The van der Waals surface area contributed by atoms with Gasteiger partial charge in [-0.2, -0.15) is 23.4 Å². The lowest BCUT2D eigenvalue weighted by molar-refractivity contribution is -0.144. The Morgan fingerprint density at radius 1 is 1.39 bits per heavy atom. The second-order valence-corrected chi connectivity index (χ2v) is 5.75. The molecule has 0 unspecified atom stereocenters. The average Bonchev–Trinajstić information content (AvgIpc) is 3.01. The predicted octanol–water partition coefficient (Wildman–Crippen LogP) is 2.69. The van der Waals surface area contributed by atoms with Crippen LogP contribution < -0.4 is 0 Å². The SMILES string of the molecule is CCn1ccc(CN(C)C(=O)c2nn(C)c(C(F)(F)F)c2Br)n1. The minimum atomic E-state index is -4.60. The van der Waals surface area contributed by atoms with Crippen molar-refractivity contribution in [3.8, 4) is 0 Å². The van der Waals surface area contributed by atoms with Crippen molar-refractivity contribution in [3.63, 3.8) is 0 Å². The summed E-state index contributed by atoms with van der Waals surface area (Å²) in [6.45, 7) is 2.80. The summed E-state index contributed by atoms with van der Waals surface area (Å²) in [6.07, 6.45) is -2.83. The first kappa shape index (κ1) is 17.5. The number of alkyl halides is 3. The first-order chi connectivity index (χ1) is 10.6. The summed E-state index contributed by atoms with van der Waals surface area (Å²) in [5.74, 6) is -0.617. The van der Waals surface area contributed by atoms with Gasteiger partial charge >= 0.3 is 6.18 Å². The van der Waals surface area contributed by atoms with E-state index in [1.54, 1.807) is 16.9 Å². The summed E-state index contributed by atoms with van der Waals surface area (Å²) in [5.41, 5.74) is -0.632. The fraction of sp³-hybridized carbons (Fsp3) is 0.462. The predicted molar refractivity (Wildman–Crippen MR) is 79.6 cm³/mol. The van der Waals surface area contributed by atoms with E-state index in [1.807, 2.05) is 6.92 Å². The van der Waals surface area contributed by atoms with Crippen LogP contribution in [-0.2, 0) is 26.3 Å². The zero-order valence-corrected chi connectivity index (χ0v) is 14.3. The number of carbonyl (C=O) groups is 1. The highest BCUT2D eigenvalue weighted by Gasteiger charge is 2.40. The summed E-state index contributed by atoms with van der Waals surface area (Å²) < 4.78 is 40.8. The Bertz CT molecular complexity index is 722. The van der Waals surface area contributed by atoms with Crippen molar-refractivity contribution in [2.75, 3.05) is 7.05 Å². The van der Waals surface area contributed by atoms with Gasteiger partial charge in [-0.15, -0.1) is 0 Å². The van der Waals surface area contributed by atoms with Crippen LogP contribution in [0.5, 0.6) is 0 Å². The molecule has 6 nitrogen and oxygen atoms in total. The van der Waals surface area contributed by atoms with E-state index in [0.717, 1.165) is 7.05 Å². The number of rotatable bonds is 4. The van der Waals surface area contributed by atoms with Gasteiger partial charge in [-0.25, -0.2) is 0 Å². The first-order valence-corrected chi connectivity index (χ1v) is 7.52. The van der Waals surface area contributed by atoms with Gasteiger partial charge in [-0.05, 0) is 28.9 Å². The molecule has 0 aliphatic carbocycles. The van der Waals surface area contributed by atoms with Crippen molar-refractivity contribution in [1.82, 2.24) is 24.5 Å². The lowest BCUT2D eigenvalue weighted by Gasteiger charge is -2.14. The Balaban J connectivity index is 2.23. The van der Waals surface area contributed by atoms with E-state index in [4.69, 9.17) is 0 Å². The number of hydrogen-bond acceptors (Lipinski definition) is 3. The Morgan fingerprint density at radius 2 is 2.04 bits per heavy atom. The van der Waals surface area contributed by atoms with Crippen LogP contribution in [0.1, 0.15) is 28.8 Å². The van der Waals surface area contributed by atoms with E-state index in [-0.39, 0.29) is 16.7 Å². The maximum Gasteiger partial charge on any atom is 0.434 e. The van der Waals surface area contributed by atoms with Gasteiger partial charge in [0.05, 0.1) is 16.7 Å². The third-order valence-corrected chi connectivity index (χ3v) is 3.98. The Hall–Kier alpha value is -1.84. The molecule has 2 aromatic rings. The molecule has 0 aromatic carbocycles. The maximum atomic E-state index is 12.9. The lowest BCUT2D eigenvalue weighted by atomic mass is 10.3. The number of hydrogen-bond donors (Lipinski definition) is 0. The fourth-order valence-electron chi connectivity index (χ4n) is 2.10. The molecule has 0 bridgehead atoms. The third kappa shape index (κ3) is 3.57. The van der Waals surface area contributed by atoms with E-state index in [9.17, 15) is 18.0 Å². The largest absolute Gasteiger partial charge is 0.434 e. The highest BCUT2D eigenvalue weighted by atomic mass is 79.9. The average molecular weight is 394 g/mol. The van der Waals surface area contributed by atoms with Gasteiger partial charge in [0, 0.05) is 26.8 Å². The van der Waals surface area contributed by atoms with Crippen molar-refractivity contribution in [2.45, 2.75) is 26.2 Å². The van der Waals surface area contributed by atoms with Crippen LogP contribution >= 0.6 is 15.9 Å². The van der Waals surface area contributed by atoms with Gasteiger partial charge in [0.15, 0.2) is 11.4 Å². The number of aryl methyl sites for hydroxylation is 2. The van der Waals surface area contributed by atoms with Gasteiger partial charge in [0.2, 0.25) is 0 Å². The van der Waals surface area contributed by atoms with Crippen molar-refractivity contribution < 1.29 is 18.0 Å². The second kappa shape index (κ2) is 6.34. The van der Waals surface area contributed by atoms with Crippen LogP contribution in [0.15, 0.2) is 16.7 Å². The summed E-state index contributed by atoms with van der Waals surface area (Å²) in [6, 6.07) is 1.75. The van der Waals surface area contributed by atoms with Crippen molar-refractivity contribution in [3.05, 3.63) is 33.8 Å². The molecule has 0 atom stereocenters. The molecule has 0 radical (unpaired) electrons. The molecule has 2 rings (SSSR count). The molecule has 10 heteroatoms. The minimum Gasteiger partial charge on any atom is -0.334 e. The van der Waals surface area contributed by atoms with Crippen LogP contribution in [0, 0.1) is 0 Å². The molecule has 0 N–H and O–H groups in total. The van der Waals surface area contributed by atoms with Gasteiger partial charge in [-0.1, -0.05) is 0 Å². The van der Waals surface area contributed by atoms with Crippen LogP contribution in [0.3, 0.4) is 0 Å². The van der Waals surface area contributed by atoms with E-state index >= 15 is 0 Å². The highest BCUT2D eigenvalue weighted by Crippen LogP contribution is 2.36. The molecule has 0 aliphatic rings. The zero-order chi connectivity index (χ0) is 17.4. The van der Waals surface area contributed by atoms with Crippen LogP contribution in [-0.4, -0.2) is 37.4 Å². The number of carbonyl (C=O) groups excluding carboxylic acids is 1. The molecule has 2 heterocycles. The molecule has 23 heavy (non-hydrogen) atoms. The fourth-order valence-corrected chi connectivity index (χ4v) is 2.83. The molecule has 0 spiro atoms. The van der Waals surface area contributed by atoms with Crippen LogP contribution in [0.25, 0.3) is 0 Å². The smallest absolute Gasteiger partial charge is 0.334 e. The number of nitrogens with zero attached hydrogens (tertiary/aromatic N) is 5. The maximum absolute atomic E-state index is 12.9. The van der Waals surface area contributed by atoms with Crippen molar-refractivity contribution >= 4 is 21.8 Å². The van der Waals surface area contributed by atoms with E-state index in [1.165, 1.54) is 11.9 Å². The van der Waals surface area contributed by atoms with Gasteiger partial charge in [0.25, 0.3) is 5.91 Å². The first-order valence-electron chi connectivity index (χ1n) is 6.72. The molecular formula is C13H15BrF3N5O. The number of halogens is 4. The summed E-state index contributed by atoms with van der Waals surface area (Å²) in [4.78, 5) is 13.6. The van der Waals surface area contributed by atoms with E-state index in [2.05, 4.69) is 26.1 Å². The molecule has 0 fully saturated rings. The van der Waals surface area contributed by atoms with Crippen LogP contribution in [0.2, 0.25) is 0 Å². The van der Waals surface area contributed by atoms with Gasteiger partial charge in [-0.3, -0.25) is 14.2 Å². The molecule has 2 aromatic heterocycles. The molecule has 1 amide bonds. The third-order valence-electron chi connectivity index (χ3n) is 3.23. The molecule has 0 saturated heterocycles. The van der Waals surface area contributed by atoms with Crippen molar-refractivity contribution in [2.24, 2.45) is 7.05 Å². The Kier molecular flexibility index (Phi) is 4.83. The normalized spacial score (nSPS) is 11.8. The number of amides is 1. The Morgan fingerprint density at radius 3 is 2.52 bits per heavy atom. The molecular weight excluding hydrogens is 379 g/mol. The van der Waals surface area contributed by atoms with Gasteiger partial charge < -0.3 is 4.90 Å².